The molecule has 0 saturated carbocycles. The van der Waals surface area contributed by atoms with Crippen molar-refractivity contribution in [2.24, 2.45) is 5.41 Å². The van der Waals surface area contributed by atoms with Crippen molar-refractivity contribution >= 4 is 28.4 Å². The number of nitrogens with one attached hydrogen (secondary N) is 2. The number of carbonyl (C=O) groups excluding carboxylic acids is 1. The SMILES string of the molecule is Cc1nc(N[C@H](C)c2cccc(C(F)(F)CO)c2F)c2cc(N3CC4(CNC(=O)C4)C3)ncc2n1. The topological polar surface area (TPSA) is 103 Å². The Labute approximate surface area is 199 Å². The summed E-state index contributed by atoms with van der Waals surface area (Å²) in [6, 6.07) is 4.86. The van der Waals surface area contributed by atoms with Crippen molar-refractivity contribution in [3.8, 4) is 0 Å². The lowest BCUT2D eigenvalue weighted by atomic mass is 9.79. The molecular formula is C24H25F3N6O2. The Hall–Kier alpha value is -3.47. The van der Waals surface area contributed by atoms with Crippen LogP contribution in [0.3, 0.4) is 0 Å². The van der Waals surface area contributed by atoms with Gasteiger partial charge in [-0.1, -0.05) is 12.1 Å². The van der Waals surface area contributed by atoms with E-state index in [1.54, 1.807) is 20.0 Å². The van der Waals surface area contributed by atoms with Gasteiger partial charge in [-0.05, 0) is 26.0 Å². The van der Waals surface area contributed by atoms with Crippen LogP contribution in [-0.2, 0) is 10.7 Å². The zero-order valence-electron chi connectivity index (χ0n) is 19.3. The van der Waals surface area contributed by atoms with Crippen LogP contribution in [0.25, 0.3) is 10.9 Å². The van der Waals surface area contributed by atoms with Crippen molar-refractivity contribution in [2.45, 2.75) is 32.2 Å². The maximum atomic E-state index is 15.0. The average molecular weight is 486 g/mol. The molecule has 2 aliphatic heterocycles. The summed E-state index contributed by atoms with van der Waals surface area (Å²) >= 11 is 0. The first-order valence-corrected chi connectivity index (χ1v) is 11.3. The molecule has 5 rings (SSSR count). The third-order valence-electron chi connectivity index (χ3n) is 6.69. The van der Waals surface area contributed by atoms with Gasteiger partial charge in [0.25, 0.3) is 5.92 Å². The quantitative estimate of drug-likeness (QED) is 0.492. The van der Waals surface area contributed by atoms with Crippen molar-refractivity contribution in [3.05, 3.63) is 53.2 Å². The molecule has 0 aliphatic carbocycles. The van der Waals surface area contributed by atoms with Gasteiger partial charge in [0.2, 0.25) is 5.91 Å². The zero-order valence-corrected chi connectivity index (χ0v) is 19.3. The molecule has 0 radical (unpaired) electrons. The first-order valence-electron chi connectivity index (χ1n) is 11.3. The Morgan fingerprint density at radius 3 is 2.77 bits per heavy atom. The fourth-order valence-corrected chi connectivity index (χ4v) is 4.86. The van der Waals surface area contributed by atoms with E-state index in [1.807, 2.05) is 6.07 Å². The van der Waals surface area contributed by atoms with Crippen molar-refractivity contribution < 1.29 is 23.1 Å². The van der Waals surface area contributed by atoms with Gasteiger partial charge in [-0.25, -0.2) is 19.3 Å². The molecule has 2 aliphatic rings. The molecule has 8 nitrogen and oxygen atoms in total. The molecule has 1 spiro atoms. The molecule has 2 saturated heterocycles. The molecule has 1 amide bonds. The summed E-state index contributed by atoms with van der Waals surface area (Å²) in [4.78, 5) is 27.1. The summed E-state index contributed by atoms with van der Waals surface area (Å²) in [6.07, 6.45) is 2.14. The highest BCUT2D eigenvalue weighted by Crippen LogP contribution is 2.40. The predicted octanol–water partition coefficient (Wildman–Crippen LogP) is 3.06. The van der Waals surface area contributed by atoms with Gasteiger partial charge in [0.05, 0.1) is 23.3 Å². The summed E-state index contributed by atoms with van der Waals surface area (Å²) in [5.41, 5.74) is -0.304. The number of hydrogen-bond acceptors (Lipinski definition) is 7. The molecule has 1 atom stereocenters. The van der Waals surface area contributed by atoms with E-state index in [-0.39, 0.29) is 16.9 Å². The number of benzene rings is 1. The maximum Gasteiger partial charge on any atom is 0.298 e. The number of alkyl halides is 2. The summed E-state index contributed by atoms with van der Waals surface area (Å²) < 4.78 is 43.0. The fourth-order valence-electron chi connectivity index (χ4n) is 4.86. The van der Waals surface area contributed by atoms with Crippen LogP contribution < -0.4 is 15.5 Å². The molecule has 3 N–H and O–H groups in total. The molecule has 1 aromatic carbocycles. The number of aliphatic hydroxyl groups is 1. The molecule has 184 valence electrons. The van der Waals surface area contributed by atoms with E-state index >= 15 is 0 Å². The van der Waals surface area contributed by atoms with E-state index in [0.29, 0.717) is 54.4 Å². The molecule has 0 unspecified atom stereocenters. The highest BCUT2D eigenvalue weighted by atomic mass is 19.3. The fraction of sp³-hybridized carbons (Fsp3) is 0.417. The van der Waals surface area contributed by atoms with E-state index in [4.69, 9.17) is 5.11 Å². The largest absolute Gasteiger partial charge is 0.390 e. The number of aliphatic hydroxyl groups excluding tert-OH is 1. The van der Waals surface area contributed by atoms with Gasteiger partial charge in [0.1, 0.15) is 29.9 Å². The van der Waals surface area contributed by atoms with Crippen LogP contribution >= 0.6 is 0 Å². The maximum absolute atomic E-state index is 15.0. The number of halogens is 3. The second-order valence-corrected chi connectivity index (χ2v) is 9.43. The third kappa shape index (κ3) is 4.13. The van der Waals surface area contributed by atoms with Gasteiger partial charge in [-0.15, -0.1) is 0 Å². The van der Waals surface area contributed by atoms with Gasteiger partial charge in [-0.2, -0.15) is 8.78 Å². The Morgan fingerprint density at radius 2 is 2.09 bits per heavy atom. The lowest BCUT2D eigenvalue weighted by molar-refractivity contribution is -0.119. The predicted molar refractivity (Wildman–Crippen MR) is 124 cm³/mol. The molecule has 3 aromatic rings. The molecule has 0 bridgehead atoms. The third-order valence-corrected chi connectivity index (χ3v) is 6.69. The number of pyridine rings is 1. The highest BCUT2D eigenvalue weighted by Gasteiger charge is 2.48. The highest BCUT2D eigenvalue weighted by molar-refractivity contribution is 5.91. The van der Waals surface area contributed by atoms with Crippen LogP contribution in [0.15, 0.2) is 30.5 Å². The van der Waals surface area contributed by atoms with Crippen molar-refractivity contribution in [1.29, 1.82) is 0 Å². The normalized spacial score (nSPS) is 18.0. The second-order valence-electron chi connectivity index (χ2n) is 9.43. The van der Waals surface area contributed by atoms with Gasteiger partial charge in [0.15, 0.2) is 0 Å². The van der Waals surface area contributed by atoms with Gasteiger partial charge < -0.3 is 20.6 Å². The van der Waals surface area contributed by atoms with Crippen molar-refractivity contribution in [2.75, 3.05) is 36.5 Å². The molecule has 2 fully saturated rings. The van der Waals surface area contributed by atoms with Gasteiger partial charge >= 0.3 is 0 Å². The Morgan fingerprint density at radius 1 is 1.31 bits per heavy atom. The number of rotatable bonds is 6. The summed E-state index contributed by atoms with van der Waals surface area (Å²) in [7, 11) is 0. The first kappa shape index (κ1) is 23.3. The summed E-state index contributed by atoms with van der Waals surface area (Å²) in [6.45, 7) is 3.94. The van der Waals surface area contributed by atoms with E-state index in [0.717, 1.165) is 6.07 Å². The van der Waals surface area contributed by atoms with E-state index in [2.05, 4.69) is 30.5 Å². The van der Waals surface area contributed by atoms with Crippen molar-refractivity contribution in [3.63, 3.8) is 0 Å². The van der Waals surface area contributed by atoms with Crippen LogP contribution in [0, 0.1) is 18.2 Å². The second kappa shape index (κ2) is 8.33. The number of anilines is 2. The minimum Gasteiger partial charge on any atom is -0.390 e. The Bertz CT molecular complexity index is 1310. The lowest BCUT2D eigenvalue weighted by Crippen LogP contribution is -2.57. The number of carbonyl (C=O) groups is 1. The van der Waals surface area contributed by atoms with Crippen LogP contribution in [0.5, 0.6) is 0 Å². The van der Waals surface area contributed by atoms with Crippen molar-refractivity contribution in [1.82, 2.24) is 20.3 Å². The zero-order chi connectivity index (χ0) is 25.0. The Balaban J connectivity index is 1.44. The smallest absolute Gasteiger partial charge is 0.298 e. The molecule has 11 heteroatoms. The minimum atomic E-state index is -3.69. The number of aromatic nitrogens is 3. The summed E-state index contributed by atoms with van der Waals surface area (Å²) in [5.74, 6) is -3.09. The molecule has 2 aromatic heterocycles. The molecular weight excluding hydrogens is 461 g/mol. The number of amides is 1. The first-order chi connectivity index (χ1) is 16.6. The van der Waals surface area contributed by atoms with E-state index < -0.39 is 30.0 Å². The number of aryl methyl sites for hydroxylation is 1. The number of nitrogens with zero attached hydrogens (tertiary/aromatic N) is 4. The summed E-state index contributed by atoms with van der Waals surface area (Å²) in [5, 5.41) is 15.7. The molecule has 4 heterocycles. The Kier molecular flexibility index (Phi) is 5.54. The van der Waals surface area contributed by atoms with Crippen LogP contribution in [-0.4, -0.2) is 52.2 Å². The van der Waals surface area contributed by atoms with Gasteiger partial charge in [-0.3, -0.25) is 4.79 Å². The molecule has 35 heavy (non-hydrogen) atoms. The number of fused-ring (bicyclic) bond motifs is 1. The lowest BCUT2D eigenvalue weighted by Gasteiger charge is -2.47. The average Bonchev–Trinajstić information content (AvgIpc) is 3.20. The van der Waals surface area contributed by atoms with E-state index in [1.165, 1.54) is 12.1 Å². The monoisotopic (exact) mass is 486 g/mol. The van der Waals surface area contributed by atoms with Crippen LogP contribution in [0.2, 0.25) is 0 Å². The minimum absolute atomic E-state index is 0.0254. The number of hydrogen-bond donors (Lipinski definition) is 3. The van der Waals surface area contributed by atoms with Crippen LogP contribution in [0.4, 0.5) is 24.8 Å². The van der Waals surface area contributed by atoms with E-state index in [9.17, 15) is 18.0 Å². The standard InChI is InChI=1S/C24H25F3N6O2/c1-13(15-4-3-5-17(21(15)25)24(26,27)12-34)30-22-16-6-19(28-8-18(16)31-14(2)32-22)33-10-23(11-33)7-20(35)29-9-23/h3-6,8,13,34H,7,9-12H2,1-2H3,(H,29,35)(H,30,31,32)/t13-/m1/s1. The van der Waals surface area contributed by atoms with Crippen LogP contribution in [0.1, 0.15) is 36.3 Å². The van der Waals surface area contributed by atoms with Gasteiger partial charge in [0, 0.05) is 42.4 Å².